The molecule has 1 aliphatic carbocycles. The fraction of sp³-hybridized carbons (Fsp3) is 0.450. The van der Waals surface area contributed by atoms with Crippen LogP contribution < -0.4 is 15.9 Å². The molecule has 0 bridgehead atoms. The molecule has 4 rings (SSSR count). The van der Waals surface area contributed by atoms with Gasteiger partial charge in [-0.05, 0) is 36.3 Å². The Balaban J connectivity index is 1.58. The standard InChI is InChI=1S/C20H25N5O/c1-25-19(26)18(12-14-9-10-17-15(11-14)13-21-24-17)23-20(25)22-16-7-5-3-2-4-6-8-16/h9-13,16,26H,2-8H2,1H3,(H,22,23). The van der Waals surface area contributed by atoms with E-state index in [0.717, 1.165) is 22.1 Å². The van der Waals surface area contributed by atoms with Gasteiger partial charge in [0.2, 0.25) is 11.8 Å². The van der Waals surface area contributed by atoms with E-state index in [9.17, 15) is 5.11 Å². The maximum absolute atomic E-state index is 10.5. The topological polar surface area (TPSA) is 74.8 Å². The molecule has 0 amide bonds. The molecule has 1 fully saturated rings. The molecule has 1 aromatic heterocycles. The molecule has 1 saturated carbocycles. The number of anilines is 1. The van der Waals surface area contributed by atoms with Gasteiger partial charge in [-0.3, -0.25) is 4.57 Å². The van der Waals surface area contributed by atoms with E-state index < -0.39 is 0 Å². The molecule has 0 spiro atoms. The van der Waals surface area contributed by atoms with Crippen molar-refractivity contribution in [2.24, 2.45) is 17.3 Å². The average Bonchev–Trinajstić information content (AvgIpc) is 3.17. The molecule has 6 heteroatoms. The van der Waals surface area contributed by atoms with Crippen LogP contribution in [-0.2, 0) is 7.05 Å². The number of nitrogens with zero attached hydrogens (tertiary/aromatic N) is 4. The van der Waals surface area contributed by atoms with Crippen molar-refractivity contribution in [3.63, 3.8) is 0 Å². The lowest BCUT2D eigenvalue weighted by Gasteiger charge is -2.21. The summed E-state index contributed by atoms with van der Waals surface area (Å²) in [5.74, 6) is 0.911. The monoisotopic (exact) mass is 351 g/mol. The lowest BCUT2D eigenvalue weighted by Crippen LogP contribution is -2.22. The largest absolute Gasteiger partial charge is 0.493 e. The van der Waals surface area contributed by atoms with Crippen LogP contribution in [0.2, 0.25) is 0 Å². The van der Waals surface area contributed by atoms with E-state index in [1.165, 1.54) is 44.9 Å². The lowest BCUT2D eigenvalue weighted by molar-refractivity contribution is 0.430. The molecule has 1 aromatic carbocycles. The summed E-state index contributed by atoms with van der Waals surface area (Å²) in [4.78, 5) is 4.64. The van der Waals surface area contributed by atoms with E-state index in [4.69, 9.17) is 0 Å². The Kier molecular flexibility index (Phi) is 4.73. The van der Waals surface area contributed by atoms with Crippen molar-refractivity contribution in [2.75, 3.05) is 5.32 Å². The molecule has 1 aliphatic heterocycles. The molecule has 0 radical (unpaired) electrons. The quantitative estimate of drug-likeness (QED) is 0.892. The molecular formula is C20H25N5O. The van der Waals surface area contributed by atoms with Gasteiger partial charge in [-0.25, -0.2) is 4.98 Å². The highest BCUT2D eigenvalue weighted by molar-refractivity contribution is 5.80. The van der Waals surface area contributed by atoms with Crippen LogP contribution in [0.15, 0.2) is 28.4 Å². The van der Waals surface area contributed by atoms with Crippen LogP contribution in [-0.4, -0.2) is 26.9 Å². The minimum Gasteiger partial charge on any atom is -0.493 e. The maximum Gasteiger partial charge on any atom is 0.220 e. The van der Waals surface area contributed by atoms with Crippen molar-refractivity contribution in [3.05, 3.63) is 40.0 Å². The van der Waals surface area contributed by atoms with Gasteiger partial charge in [0.25, 0.3) is 0 Å². The first kappa shape index (κ1) is 16.8. The molecule has 26 heavy (non-hydrogen) atoms. The first-order valence-corrected chi connectivity index (χ1v) is 9.46. The molecule has 0 unspecified atom stereocenters. The first-order chi connectivity index (χ1) is 12.7. The second-order valence-electron chi connectivity index (χ2n) is 7.20. The molecule has 0 atom stereocenters. The number of aromatic hydroxyl groups is 1. The van der Waals surface area contributed by atoms with Crippen molar-refractivity contribution in [3.8, 4) is 5.88 Å². The van der Waals surface area contributed by atoms with Crippen molar-refractivity contribution >= 4 is 18.2 Å². The third kappa shape index (κ3) is 3.49. The van der Waals surface area contributed by atoms with E-state index >= 15 is 0 Å². The minimum absolute atomic E-state index is 0.178. The Bertz CT molecular complexity index is 936. The highest BCUT2D eigenvalue weighted by Gasteiger charge is 2.17. The summed E-state index contributed by atoms with van der Waals surface area (Å²) >= 11 is 0. The summed E-state index contributed by atoms with van der Waals surface area (Å²) in [6.07, 6.45) is 12.5. The predicted molar refractivity (Wildman–Crippen MR) is 103 cm³/mol. The number of fused-ring (bicyclic) bond motifs is 1. The van der Waals surface area contributed by atoms with Gasteiger partial charge in [0.1, 0.15) is 5.69 Å². The highest BCUT2D eigenvalue weighted by Crippen LogP contribution is 2.25. The number of hydrogen-bond donors (Lipinski definition) is 2. The van der Waals surface area contributed by atoms with Crippen LogP contribution in [0.5, 0.6) is 5.88 Å². The van der Waals surface area contributed by atoms with Crippen molar-refractivity contribution in [1.29, 1.82) is 0 Å². The van der Waals surface area contributed by atoms with Gasteiger partial charge < -0.3 is 10.4 Å². The molecule has 2 heterocycles. The van der Waals surface area contributed by atoms with E-state index in [1.807, 2.05) is 31.3 Å². The number of aromatic nitrogens is 2. The van der Waals surface area contributed by atoms with Crippen LogP contribution in [0.25, 0.3) is 6.08 Å². The van der Waals surface area contributed by atoms with Gasteiger partial charge in [0.15, 0.2) is 0 Å². The van der Waals surface area contributed by atoms with Gasteiger partial charge in [-0.1, -0.05) is 38.2 Å². The zero-order valence-electron chi connectivity index (χ0n) is 15.1. The fourth-order valence-corrected chi connectivity index (χ4v) is 3.69. The molecule has 2 aliphatic rings. The van der Waals surface area contributed by atoms with Gasteiger partial charge in [0, 0.05) is 18.7 Å². The summed E-state index contributed by atoms with van der Waals surface area (Å²) in [5, 5.41) is 23.8. The van der Waals surface area contributed by atoms with Crippen LogP contribution in [0.3, 0.4) is 0 Å². The summed E-state index contributed by atoms with van der Waals surface area (Å²) in [7, 11) is 1.85. The van der Waals surface area contributed by atoms with Gasteiger partial charge in [0.05, 0.1) is 11.6 Å². The van der Waals surface area contributed by atoms with Gasteiger partial charge >= 0.3 is 0 Å². The number of imidazole rings is 1. The predicted octanol–water partition coefficient (Wildman–Crippen LogP) is 2.45. The number of hydrogen-bond acceptors (Lipinski definition) is 5. The molecule has 2 N–H and O–H groups in total. The second kappa shape index (κ2) is 7.32. The smallest absolute Gasteiger partial charge is 0.220 e. The highest BCUT2D eigenvalue weighted by atomic mass is 16.3. The summed E-state index contributed by atoms with van der Waals surface area (Å²) in [5.41, 5.74) is 1.56. The number of rotatable bonds is 3. The molecular weight excluding hydrogens is 326 g/mol. The number of nitrogens with one attached hydrogen (secondary N) is 1. The van der Waals surface area contributed by atoms with E-state index in [2.05, 4.69) is 20.5 Å². The van der Waals surface area contributed by atoms with Crippen LogP contribution in [0.1, 0.15) is 56.2 Å². The second-order valence-corrected chi connectivity index (χ2v) is 7.20. The first-order valence-electron chi connectivity index (χ1n) is 9.46. The van der Waals surface area contributed by atoms with Crippen LogP contribution >= 0.6 is 0 Å². The van der Waals surface area contributed by atoms with Gasteiger partial charge in [-0.15, -0.1) is 0 Å². The lowest BCUT2D eigenvalue weighted by atomic mass is 9.97. The zero-order chi connectivity index (χ0) is 17.9. The van der Waals surface area contributed by atoms with E-state index in [0.29, 0.717) is 11.7 Å². The Hall–Kier alpha value is -2.63. The minimum atomic E-state index is 0.178. The zero-order valence-corrected chi connectivity index (χ0v) is 15.1. The SMILES string of the molecule is Cn1c(NC2CCCCCCC2)nc(C=c2ccc3c(c2)C=NN=3)c1O. The van der Waals surface area contributed by atoms with Crippen LogP contribution in [0.4, 0.5) is 5.95 Å². The average molecular weight is 351 g/mol. The Labute approximate surface area is 153 Å². The third-order valence-corrected chi connectivity index (χ3v) is 5.25. The third-order valence-electron chi connectivity index (χ3n) is 5.25. The molecule has 0 saturated heterocycles. The normalized spacial score (nSPS) is 18.3. The molecule has 2 aromatic rings. The Morgan fingerprint density at radius 1 is 1.15 bits per heavy atom. The van der Waals surface area contributed by atoms with Crippen LogP contribution in [0, 0.1) is 0 Å². The molecule has 6 nitrogen and oxygen atoms in total. The number of benzene rings is 1. The summed E-state index contributed by atoms with van der Waals surface area (Å²) in [6, 6.07) is 6.33. The van der Waals surface area contributed by atoms with Gasteiger partial charge in [-0.2, -0.15) is 10.2 Å². The van der Waals surface area contributed by atoms with Crippen molar-refractivity contribution < 1.29 is 5.11 Å². The molecule has 136 valence electrons. The fourth-order valence-electron chi connectivity index (χ4n) is 3.69. The van der Waals surface area contributed by atoms with Crippen molar-refractivity contribution in [2.45, 2.75) is 51.0 Å². The summed E-state index contributed by atoms with van der Waals surface area (Å²) in [6.45, 7) is 0. The van der Waals surface area contributed by atoms with E-state index in [1.54, 1.807) is 10.8 Å². The maximum atomic E-state index is 10.5. The summed E-state index contributed by atoms with van der Waals surface area (Å²) < 4.78 is 1.73. The van der Waals surface area contributed by atoms with Crippen molar-refractivity contribution in [1.82, 2.24) is 9.55 Å². The Morgan fingerprint density at radius 2 is 1.92 bits per heavy atom. The Morgan fingerprint density at radius 3 is 2.73 bits per heavy atom. The van der Waals surface area contributed by atoms with E-state index in [-0.39, 0.29) is 5.88 Å².